The number of hydrogen-bond acceptors (Lipinski definition) is 2. The van der Waals surface area contributed by atoms with E-state index in [0.29, 0.717) is 12.0 Å². The molecule has 0 heterocycles. The fraction of sp³-hybridized carbons (Fsp3) is 0.458. The monoisotopic (exact) mass is 422 g/mol. The van der Waals surface area contributed by atoms with Gasteiger partial charge in [-0.25, -0.2) is 22.4 Å². The molecule has 0 aliphatic heterocycles. The van der Waals surface area contributed by atoms with Gasteiger partial charge in [-0.05, 0) is 61.3 Å². The third-order valence-electron chi connectivity index (χ3n) is 5.95. The van der Waals surface area contributed by atoms with Crippen molar-refractivity contribution in [3.63, 3.8) is 0 Å². The Morgan fingerprint density at radius 1 is 0.933 bits per heavy atom. The SMILES string of the molecule is CCCCCC1CCC(c2ccc(OC(=O)c3cc(F)c(F)c(F)c3F)cc2)CC1. The molecule has 1 fully saturated rings. The first-order valence-corrected chi connectivity index (χ1v) is 10.6. The van der Waals surface area contributed by atoms with Crippen LogP contribution in [-0.4, -0.2) is 5.97 Å². The van der Waals surface area contributed by atoms with Crippen LogP contribution in [0.4, 0.5) is 17.6 Å². The molecule has 1 aliphatic rings. The van der Waals surface area contributed by atoms with Gasteiger partial charge in [0.25, 0.3) is 0 Å². The molecule has 2 aromatic rings. The van der Waals surface area contributed by atoms with Gasteiger partial charge >= 0.3 is 5.97 Å². The van der Waals surface area contributed by atoms with Crippen molar-refractivity contribution in [2.75, 3.05) is 0 Å². The molecule has 3 rings (SSSR count). The smallest absolute Gasteiger partial charge is 0.346 e. The van der Waals surface area contributed by atoms with E-state index in [0.717, 1.165) is 24.3 Å². The van der Waals surface area contributed by atoms with Gasteiger partial charge in [-0.2, -0.15) is 0 Å². The van der Waals surface area contributed by atoms with Crippen molar-refractivity contribution >= 4 is 5.97 Å². The van der Waals surface area contributed by atoms with Crippen molar-refractivity contribution in [2.24, 2.45) is 5.92 Å². The first-order chi connectivity index (χ1) is 14.4. The minimum atomic E-state index is -2.04. The van der Waals surface area contributed by atoms with E-state index in [1.165, 1.54) is 38.5 Å². The zero-order valence-corrected chi connectivity index (χ0v) is 17.0. The van der Waals surface area contributed by atoms with Crippen molar-refractivity contribution in [3.05, 3.63) is 64.7 Å². The molecule has 0 atom stereocenters. The van der Waals surface area contributed by atoms with Gasteiger partial charge in [-0.3, -0.25) is 0 Å². The third-order valence-corrected chi connectivity index (χ3v) is 5.95. The Hall–Kier alpha value is -2.37. The molecule has 0 spiro atoms. The number of halogens is 4. The molecular weight excluding hydrogens is 396 g/mol. The fourth-order valence-electron chi connectivity index (χ4n) is 4.16. The Morgan fingerprint density at radius 2 is 1.60 bits per heavy atom. The van der Waals surface area contributed by atoms with Crippen LogP contribution in [0.3, 0.4) is 0 Å². The van der Waals surface area contributed by atoms with Crippen molar-refractivity contribution < 1.29 is 27.1 Å². The fourth-order valence-corrected chi connectivity index (χ4v) is 4.16. The van der Waals surface area contributed by atoms with Crippen LogP contribution in [-0.2, 0) is 0 Å². The summed E-state index contributed by atoms with van der Waals surface area (Å²) in [6.07, 6.45) is 9.80. The van der Waals surface area contributed by atoms with Crippen molar-refractivity contribution in [2.45, 2.75) is 64.2 Å². The van der Waals surface area contributed by atoms with Gasteiger partial charge in [-0.15, -0.1) is 0 Å². The molecule has 0 bridgehead atoms. The highest BCUT2D eigenvalue weighted by molar-refractivity contribution is 5.91. The number of ether oxygens (including phenoxy) is 1. The molecule has 1 aliphatic carbocycles. The Balaban J connectivity index is 1.58. The molecule has 6 heteroatoms. The number of benzene rings is 2. The summed E-state index contributed by atoms with van der Waals surface area (Å²) in [5, 5.41) is 0. The van der Waals surface area contributed by atoms with Crippen LogP contribution in [0.25, 0.3) is 0 Å². The predicted octanol–water partition coefficient (Wildman–Crippen LogP) is 7.32. The molecule has 0 radical (unpaired) electrons. The first-order valence-electron chi connectivity index (χ1n) is 10.6. The average Bonchev–Trinajstić information content (AvgIpc) is 2.76. The van der Waals surface area contributed by atoms with Gasteiger partial charge in [0.1, 0.15) is 11.3 Å². The molecule has 0 aromatic heterocycles. The molecule has 1 saturated carbocycles. The Bertz CT molecular complexity index is 872. The summed E-state index contributed by atoms with van der Waals surface area (Å²) in [5.41, 5.74) is 0.156. The molecule has 162 valence electrons. The van der Waals surface area contributed by atoms with Crippen molar-refractivity contribution in [1.82, 2.24) is 0 Å². The Kier molecular flexibility index (Phi) is 7.51. The number of esters is 1. The summed E-state index contributed by atoms with van der Waals surface area (Å²) >= 11 is 0. The third kappa shape index (κ3) is 5.21. The quantitative estimate of drug-likeness (QED) is 0.117. The number of unbranched alkanes of at least 4 members (excludes halogenated alkanes) is 2. The van der Waals surface area contributed by atoms with Gasteiger partial charge in [0.15, 0.2) is 23.3 Å². The lowest BCUT2D eigenvalue weighted by Gasteiger charge is -2.29. The van der Waals surface area contributed by atoms with Gasteiger partial charge < -0.3 is 4.74 Å². The second-order valence-corrected chi connectivity index (χ2v) is 8.02. The maximum Gasteiger partial charge on any atom is 0.346 e. The van der Waals surface area contributed by atoms with Gasteiger partial charge in [0.05, 0.1) is 0 Å². The van der Waals surface area contributed by atoms with E-state index in [1.54, 1.807) is 12.1 Å². The van der Waals surface area contributed by atoms with Crippen LogP contribution in [0.5, 0.6) is 5.75 Å². The molecule has 0 amide bonds. The minimum absolute atomic E-state index is 0.126. The summed E-state index contributed by atoms with van der Waals surface area (Å²) in [6, 6.07) is 7.16. The van der Waals surface area contributed by atoms with Crippen LogP contribution >= 0.6 is 0 Å². The van der Waals surface area contributed by atoms with E-state index in [-0.39, 0.29) is 5.75 Å². The number of rotatable bonds is 7. The second kappa shape index (κ2) is 10.1. The highest BCUT2D eigenvalue weighted by Crippen LogP contribution is 2.38. The lowest BCUT2D eigenvalue weighted by Crippen LogP contribution is -2.14. The van der Waals surface area contributed by atoms with Crippen molar-refractivity contribution in [1.29, 1.82) is 0 Å². The second-order valence-electron chi connectivity index (χ2n) is 8.02. The molecule has 2 aromatic carbocycles. The topological polar surface area (TPSA) is 26.3 Å². The normalized spacial score (nSPS) is 19.0. The highest BCUT2D eigenvalue weighted by Gasteiger charge is 2.25. The van der Waals surface area contributed by atoms with Crippen LogP contribution in [0.15, 0.2) is 30.3 Å². The van der Waals surface area contributed by atoms with Crippen molar-refractivity contribution in [3.8, 4) is 5.75 Å². The lowest BCUT2D eigenvalue weighted by molar-refractivity contribution is 0.0727. The summed E-state index contributed by atoms with van der Waals surface area (Å²) in [7, 11) is 0. The molecule has 2 nitrogen and oxygen atoms in total. The van der Waals surface area contributed by atoms with Gasteiger partial charge in [-0.1, -0.05) is 44.7 Å². The lowest BCUT2D eigenvalue weighted by atomic mass is 9.77. The Morgan fingerprint density at radius 3 is 2.23 bits per heavy atom. The highest BCUT2D eigenvalue weighted by atomic mass is 19.2. The number of hydrogen-bond donors (Lipinski definition) is 0. The number of carbonyl (C=O) groups excluding carboxylic acids is 1. The predicted molar refractivity (Wildman–Crippen MR) is 107 cm³/mol. The maximum absolute atomic E-state index is 13.7. The molecule has 0 unspecified atom stereocenters. The largest absolute Gasteiger partial charge is 0.423 e. The minimum Gasteiger partial charge on any atom is -0.423 e. The zero-order chi connectivity index (χ0) is 21.7. The molecule has 0 N–H and O–H groups in total. The first kappa shape index (κ1) is 22.3. The molecule has 0 saturated heterocycles. The summed E-state index contributed by atoms with van der Waals surface area (Å²) < 4.78 is 58.4. The van der Waals surface area contributed by atoms with Crippen LogP contribution in [0.1, 0.15) is 80.1 Å². The summed E-state index contributed by atoms with van der Waals surface area (Å²) in [4.78, 5) is 12.1. The van der Waals surface area contributed by atoms with E-state index in [9.17, 15) is 22.4 Å². The summed E-state index contributed by atoms with van der Waals surface area (Å²) in [6.45, 7) is 2.21. The van der Waals surface area contributed by atoms with Gasteiger partial charge in [0, 0.05) is 0 Å². The average molecular weight is 422 g/mol. The molecule has 30 heavy (non-hydrogen) atoms. The zero-order valence-electron chi connectivity index (χ0n) is 17.0. The Labute approximate surface area is 174 Å². The van der Waals surface area contributed by atoms with E-state index in [4.69, 9.17) is 4.74 Å². The summed E-state index contributed by atoms with van der Waals surface area (Å²) in [5.74, 6) is -7.33. The van der Waals surface area contributed by atoms with E-state index < -0.39 is 34.8 Å². The van der Waals surface area contributed by atoms with Crippen LogP contribution in [0.2, 0.25) is 0 Å². The maximum atomic E-state index is 13.7. The van der Waals surface area contributed by atoms with E-state index in [2.05, 4.69) is 6.92 Å². The molecular formula is C24H26F4O2. The van der Waals surface area contributed by atoms with Gasteiger partial charge in [0.2, 0.25) is 0 Å². The van der Waals surface area contributed by atoms with E-state index >= 15 is 0 Å². The van der Waals surface area contributed by atoms with Crippen LogP contribution in [0, 0.1) is 29.2 Å². The van der Waals surface area contributed by atoms with E-state index in [1.807, 2.05) is 12.1 Å². The standard InChI is InChI=1S/C24H26F4O2/c1-2-3-4-5-15-6-8-16(9-7-15)17-10-12-18(13-11-17)30-24(29)19-14-20(25)22(27)23(28)21(19)26/h10-16H,2-9H2,1H3. The van der Waals surface area contributed by atoms with Crippen LogP contribution < -0.4 is 4.74 Å². The number of carbonyl (C=O) groups is 1.